The Hall–Kier alpha value is -2.38. The summed E-state index contributed by atoms with van der Waals surface area (Å²) in [5, 5.41) is 10.5. The highest BCUT2D eigenvalue weighted by Gasteiger charge is 2.42. The fourth-order valence-corrected chi connectivity index (χ4v) is 2.98. The van der Waals surface area contributed by atoms with Crippen LogP contribution in [0.15, 0.2) is 42.7 Å². The Labute approximate surface area is 152 Å². The predicted octanol–water partition coefficient (Wildman–Crippen LogP) is 1.81. The number of carbonyl (C=O) groups is 2. The highest BCUT2D eigenvalue weighted by molar-refractivity contribution is 5.97. The van der Waals surface area contributed by atoms with Crippen LogP contribution in [0.5, 0.6) is 0 Å². The van der Waals surface area contributed by atoms with Gasteiger partial charge < -0.3 is 15.4 Å². The van der Waals surface area contributed by atoms with Crippen LogP contribution in [0.1, 0.15) is 23.2 Å². The van der Waals surface area contributed by atoms with Gasteiger partial charge in [-0.05, 0) is 56.3 Å². The quantitative estimate of drug-likeness (QED) is 0.808. The molecule has 1 saturated heterocycles. The first-order valence-corrected chi connectivity index (χ1v) is 7.86. The molecule has 1 aromatic heterocycles. The van der Waals surface area contributed by atoms with Gasteiger partial charge in [-0.2, -0.15) is 5.10 Å². The molecule has 1 aliphatic heterocycles. The van der Waals surface area contributed by atoms with Crippen LogP contribution in [0.2, 0.25) is 0 Å². The zero-order chi connectivity index (χ0) is 17.0. The lowest BCUT2D eigenvalue weighted by molar-refractivity contribution is -0.126. The van der Waals surface area contributed by atoms with E-state index in [0.29, 0.717) is 24.1 Å². The number of anilines is 1. The van der Waals surface area contributed by atoms with Gasteiger partial charge in [0.15, 0.2) is 0 Å². The van der Waals surface area contributed by atoms with E-state index >= 15 is 0 Å². The van der Waals surface area contributed by atoms with Gasteiger partial charge in [-0.25, -0.2) is 4.79 Å². The molecule has 0 bridgehead atoms. The van der Waals surface area contributed by atoms with E-state index in [1.165, 1.54) is 7.11 Å². The number of aromatic nitrogens is 2. The van der Waals surface area contributed by atoms with Crippen molar-refractivity contribution in [3.05, 3.63) is 48.3 Å². The molecular formula is C17H21ClN4O3. The van der Waals surface area contributed by atoms with Gasteiger partial charge in [0, 0.05) is 18.1 Å². The molecule has 0 radical (unpaired) electrons. The van der Waals surface area contributed by atoms with Gasteiger partial charge in [0.2, 0.25) is 0 Å². The normalized spacial score (nSPS) is 15.7. The van der Waals surface area contributed by atoms with Gasteiger partial charge in [-0.3, -0.25) is 9.48 Å². The Bertz CT molecular complexity index is 710. The predicted molar refractivity (Wildman–Crippen MR) is 96.0 cm³/mol. The van der Waals surface area contributed by atoms with Crippen LogP contribution in [0.25, 0.3) is 0 Å². The number of hydrogen-bond acceptors (Lipinski definition) is 5. The minimum Gasteiger partial charge on any atom is -0.465 e. The molecule has 2 aromatic rings. The lowest BCUT2D eigenvalue weighted by atomic mass is 9.87. The van der Waals surface area contributed by atoms with Crippen LogP contribution < -0.4 is 10.6 Å². The van der Waals surface area contributed by atoms with Crippen LogP contribution >= 0.6 is 12.4 Å². The summed E-state index contributed by atoms with van der Waals surface area (Å²) < 4.78 is 6.41. The second kappa shape index (κ2) is 8.13. The molecule has 0 saturated carbocycles. The molecule has 1 aliphatic rings. The van der Waals surface area contributed by atoms with E-state index in [1.807, 2.05) is 12.3 Å². The molecular weight excluding hydrogens is 344 g/mol. The maximum absolute atomic E-state index is 13.0. The number of carbonyl (C=O) groups excluding carboxylic acids is 2. The Kier molecular flexibility index (Phi) is 6.17. The summed E-state index contributed by atoms with van der Waals surface area (Å²) in [6.45, 7) is 1.52. The van der Waals surface area contributed by atoms with Crippen molar-refractivity contribution in [3.63, 3.8) is 0 Å². The van der Waals surface area contributed by atoms with Gasteiger partial charge in [0.05, 0.1) is 12.7 Å². The van der Waals surface area contributed by atoms with E-state index in [1.54, 1.807) is 35.1 Å². The van der Waals surface area contributed by atoms with Crippen LogP contribution in [0, 0.1) is 0 Å². The molecule has 25 heavy (non-hydrogen) atoms. The summed E-state index contributed by atoms with van der Waals surface area (Å²) in [6.07, 6.45) is 4.84. The first-order valence-electron chi connectivity index (χ1n) is 7.86. The second-order valence-corrected chi connectivity index (χ2v) is 5.76. The highest BCUT2D eigenvalue weighted by Crippen LogP contribution is 2.28. The van der Waals surface area contributed by atoms with E-state index in [-0.39, 0.29) is 18.3 Å². The van der Waals surface area contributed by atoms with Crippen molar-refractivity contribution in [3.8, 4) is 0 Å². The number of esters is 1. The van der Waals surface area contributed by atoms with Gasteiger partial charge in [-0.15, -0.1) is 12.4 Å². The minimum absolute atomic E-state index is 0. The molecule has 0 atom stereocenters. The number of methoxy groups -OCH3 is 1. The summed E-state index contributed by atoms with van der Waals surface area (Å²) in [6, 6.07) is 8.47. The number of halogens is 1. The lowest BCUT2D eigenvalue weighted by Crippen LogP contribution is -2.52. The van der Waals surface area contributed by atoms with Crippen LogP contribution in [0.3, 0.4) is 0 Å². The van der Waals surface area contributed by atoms with Crippen LogP contribution in [-0.2, 0) is 15.1 Å². The van der Waals surface area contributed by atoms with Crippen molar-refractivity contribution in [2.75, 3.05) is 25.5 Å². The summed E-state index contributed by atoms with van der Waals surface area (Å²) in [5.41, 5.74) is 0.382. The maximum atomic E-state index is 13.0. The molecule has 1 fully saturated rings. The van der Waals surface area contributed by atoms with E-state index in [0.717, 1.165) is 13.1 Å². The third kappa shape index (κ3) is 3.83. The van der Waals surface area contributed by atoms with Gasteiger partial charge in [0.1, 0.15) is 5.54 Å². The molecule has 134 valence electrons. The Morgan fingerprint density at radius 1 is 1.24 bits per heavy atom. The number of rotatable bonds is 4. The van der Waals surface area contributed by atoms with Crippen molar-refractivity contribution in [1.29, 1.82) is 0 Å². The third-order valence-corrected chi connectivity index (χ3v) is 4.36. The summed E-state index contributed by atoms with van der Waals surface area (Å²) in [7, 11) is 1.34. The van der Waals surface area contributed by atoms with E-state index in [4.69, 9.17) is 0 Å². The molecule has 2 heterocycles. The number of nitrogens with one attached hydrogen (secondary N) is 2. The van der Waals surface area contributed by atoms with E-state index in [2.05, 4.69) is 20.5 Å². The average molecular weight is 365 g/mol. The van der Waals surface area contributed by atoms with Gasteiger partial charge >= 0.3 is 5.97 Å². The fourth-order valence-electron chi connectivity index (χ4n) is 2.98. The zero-order valence-corrected chi connectivity index (χ0v) is 14.7. The number of piperidine rings is 1. The summed E-state index contributed by atoms with van der Waals surface area (Å²) >= 11 is 0. The van der Waals surface area contributed by atoms with E-state index < -0.39 is 11.5 Å². The van der Waals surface area contributed by atoms with Crippen molar-refractivity contribution in [2.24, 2.45) is 0 Å². The second-order valence-electron chi connectivity index (χ2n) is 5.76. The smallest absolute Gasteiger partial charge is 0.337 e. The molecule has 0 unspecified atom stereocenters. The zero-order valence-electron chi connectivity index (χ0n) is 13.9. The van der Waals surface area contributed by atoms with Crippen molar-refractivity contribution >= 4 is 30.0 Å². The van der Waals surface area contributed by atoms with Crippen LogP contribution in [-0.4, -0.2) is 41.9 Å². The molecule has 2 N–H and O–H groups in total. The molecule has 7 nitrogen and oxygen atoms in total. The average Bonchev–Trinajstić information content (AvgIpc) is 3.17. The molecule has 0 spiro atoms. The monoisotopic (exact) mass is 364 g/mol. The molecule has 3 rings (SSSR count). The Balaban J connectivity index is 0.00000225. The third-order valence-electron chi connectivity index (χ3n) is 4.36. The largest absolute Gasteiger partial charge is 0.465 e. The Morgan fingerprint density at radius 3 is 2.48 bits per heavy atom. The standard InChI is InChI=1S/C17H20N4O3.ClH/c1-24-15(22)13-3-5-14(6-4-13)20-16(23)17(7-10-18-11-8-17)21-12-2-9-19-21;/h2-6,9,12,18H,7-8,10-11H2,1H3,(H,20,23);1H. The number of hydrogen-bond donors (Lipinski definition) is 2. The maximum Gasteiger partial charge on any atom is 0.337 e. The fraction of sp³-hybridized carbons (Fsp3) is 0.353. The first-order chi connectivity index (χ1) is 11.7. The van der Waals surface area contributed by atoms with Gasteiger partial charge in [0.25, 0.3) is 5.91 Å². The number of nitrogens with zero attached hydrogens (tertiary/aromatic N) is 2. The summed E-state index contributed by atoms with van der Waals surface area (Å²) in [5.74, 6) is -0.502. The van der Waals surface area contributed by atoms with Crippen LogP contribution in [0.4, 0.5) is 5.69 Å². The summed E-state index contributed by atoms with van der Waals surface area (Å²) in [4.78, 5) is 24.4. The van der Waals surface area contributed by atoms with E-state index in [9.17, 15) is 9.59 Å². The van der Waals surface area contributed by atoms with Crippen molar-refractivity contribution in [1.82, 2.24) is 15.1 Å². The minimum atomic E-state index is -0.699. The molecule has 1 aromatic carbocycles. The van der Waals surface area contributed by atoms with Gasteiger partial charge in [-0.1, -0.05) is 0 Å². The highest BCUT2D eigenvalue weighted by atomic mass is 35.5. The molecule has 1 amide bonds. The number of ether oxygens (including phenoxy) is 1. The number of amides is 1. The molecule has 0 aliphatic carbocycles. The van der Waals surface area contributed by atoms with Crippen molar-refractivity contribution < 1.29 is 14.3 Å². The lowest BCUT2D eigenvalue weighted by Gasteiger charge is -2.36. The molecule has 8 heteroatoms. The topological polar surface area (TPSA) is 85.2 Å². The Morgan fingerprint density at radius 2 is 1.92 bits per heavy atom. The SMILES string of the molecule is COC(=O)c1ccc(NC(=O)C2(n3cccn3)CCNCC2)cc1.Cl. The van der Waals surface area contributed by atoms with Crippen molar-refractivity contribution in [2.45, 2.75) is 18.4 Å². The first kappa shape index (κ1) is 19.0. The number of benzene rings is 1.